The van der Waals surface area contributed by atoms with E-state index in [-0.39, 0.29) is 5.97 Å². The largest absolute Gasteiger partial charge is 0.466 e. The summed E-state index contributed by atoms with van der Waals surface area (Å²) in [5.74, 6) is 1.03. The minimum absolute atomic E-state index is 0.0706. The first-order valence-electron chi connectivity index (χ1n) is 4.31. The van der Waals surface area contributed by atoms with Gasteiger partial charge in [-0.3, -0.25) is 4.79 Å². The van der Waals surface area contributed by atoms with Crippen molar-refractivity contribution in [2.24, 2.45) is 0 Å². The zero-order chi connectivity index (χ0) is 8.81. The number of carbonyl (C=O) groups excluding carboxylic acids is 1. The molecular weight excluding hydrogens is 174 g/mol. The first kappa shape index (κ1) is 9.86. The summed E-state index contributed by atoms with van der Waals surface area (Å²) in [7, 11) is 0. The molecule has 3 nitrogen and oxygen atoms in total. The van der Waals surface area contributed by atoms with E-state index in [0.29, 0.717) is 18.3 Å². The van der Waals surface area contributed by atoms with Crippen molar-refractivity contribution in [2.75, 3.05) is 25.4 Å². The fourth-order valence-electron chi connectivity index (χ4n) is 1.16. The highest BCUT2D eigenvalue weighted by Gasteiger charge is 2.17. The second-order valence-electron chi connectivity index (χ2n) is 2.71. The Morgan fingerprint density at radius 1 is 1.75 bits per heavy atom. The molecule has 0 saturated carbocycles. The Labute approximate surface area is 77.2 Å². The van der Waals surface area contributed by atoms with Crippen LogP contribution in [-0.4, -0.2) is 36.7 Å². The fraction of sp³-hybridized carbons (Fsp3) is 0.875. The van der Waals surface area contributed by atoms with E-state index in [1.807, 2.05) is 18.7 Å². The highest BCUT2D eigenvalue weighted by molar-refractivity contribution is 8.00. The van der Waals surface area contributed by atoms with Crippen LogP contribution in [0.1, 0.15) is 13.3 Å². The molecule has 0 aromatic rings. The normalized spacial score (nSPS) is 23.6. The Kier molecular flexibility index (Phi) is 4.46. The SMILES string of the molecule is CCOC(=O)CC1CNCCS1. The predicted octanol–water partition coefficient (Wildman–Crippen LogP) is 0.645. The third-order valence-corrected chi connectivity index (χ3v) is 2.95. The van der Waals surface area contributed by atoms with Gasteiger partial charge in [0.15, 0.2) is 0 Å². The van der Waals surface area contributed by atoms with E-state index in [4.69, 9.17) is 4.74 Å². The number of ether oxygens (including phenoxy) is 1. The monoisotopic (exact) mass is 189 g/mol. The maximum absolute atomic E-state index is 11.0. The Hall–Kier alpha value is -0.220. The summed E-state index contributed by atoms with van der Waals surface area (Å²) in [4.78, 5) is 11.0. The highest BCUT2D eigenvalue weighted by Crippen LogP contribution is 2.16. The van der Waals surface area contributed by atoms with Crippen LogP contribution in [0.2, 0.25) is 0 Å². The number of hydrogen-bond acceptors (Lipinski definition) is 4. The summed E-state index contributed by atoms with van der Waals surface area (Å²) >= 11 is 1.85. The lowest BCUT2D eigenvalue weighted by molar-refractivity contribution is -0.143. The zero-order valence-electron chi connectivity index (χ0n) is 7.34. The van der Waals surface area contributed by atoms with Crippen molar-refractivity contribution in [3.63, 3.8) is 0 Å². The van der Waals surface area contributed by atoms with Crippen molar-refractivity contribution < 1.29 is 9.53 Å². The van der Waals surface area contributed by atoms with Crippen molar-refractivity contribution in [3.8, 4) is 0 Å². The van der Waals surface area contributed by atoms with Gasteiger partial charge in [-0.05, 0) is 6.92 Å². The molecule has 1 rings (SSSR count). The van der Waals surface area contributed by atoms with Gasteiger partial charge >= 0.3 is 5.97 Å². The van der Waals surface area contributed by atoms with Gasteiger partial charge in [0.2, 0.25) is 0 Å². The molecule has 4 heteroatoms. The third kappa shape index (κ3) is 3.45. The summed E-state index contributed by atoms with van der Waals surface area (Å²) < 4.78 is 4.86. The quantitative estimate of drug-likeness (QED) is 0.661. The van der Waals surface area contributed by atoms with Gasteiger partial charge in [-0.2, -0.15) is 11.8 Å². The van der Waals surface area contributed by atoms with Gasteiger partial charge in [-0.15, -0.1) is 0 Å². The van der Waals surface area contributed by atoms with E-state index in [2.05, 4.69) is 5.32 Å². The molecule has 0 spiro atoms. The molecule has 1 fully saturated rings. The molecule has 0 aliphatic carbocycles. The number of esters is 1. The zero-order valence-corrected chi connectivity index (χ0v) is 8.15. The van der Waals surface area contributed by atoms with Gasteiger partial charge in [0.25, 0.3) is 0 Å². The lowest BCUT2D eigenvalue weighted by Gasteiger charge is -2.21. The standard InChI is InChI=1S/C8H15NO2S/c1-2-11-8(10)5-7-6-9-3-4-12-7/h7,9H,2-6H2,1H3. The van der Waals surface area contributed by atoms with Crippen molar-refractivity contribution >= 4 is 17.7 Å². The lowest BCUT2D eigenvalue weighted by Crippen LogP contribution is -2.34. The number of nitrogens with one attached hydrogen (secondary N) is 1. The van der Waals surface area contributed by atoms with E-state index in [9.17, 15) is 4.79 Å². The molecule has 70 valence electrons. The molecule has 0 radical (unpaired) electrons. The van der Waals surface area contributed by atoms with E-state index in [0.717, 1.165) is 18.8 Å². The first-order valence-corrected chi connectivity index (χ1v) is 5.35. The summed E-state index contributed by atoms with van der Waals surface area (Å²) in [5, 5.41) is 3.67. The number of thioether (sulfide) groups is 1. The van der Waals surface area contributed by atoms with Gasteiger partial charge in [-0.25, -0.2) is 0 Å². The van der Waals surface area contributed by atoms with Crippen LogP contribution in [0.3, 0.4) is 0 Å². The summed E-state index contributed by atoms with van der Waals surface area (Å²) in [6, 6.07) is 0. The maximum atomic E-state index is 11.0. The van der Waals surface area contributed by atoms with E-state index in [1.165, 1.54) is 0 Å². The molecule has 1 unspecified atom stereocenters. The van der Waals surface area contributed by atoms with Crippen LogP contribution in [0.25, 0.3) is 0 Å². The molecule has 0 bridgehead atoms. The topological polar surface area (TPSA) is 38.3 Å². The van der Waals surface area contributed by atoms with Crippen LogP contribution in [0.15, 0.2) is 0 Å². The van der Waals surface area contributed by atoms with Crippen molar-refractivity contribution in [3.05, 3.63) is 0 Å². The molecule has 1 atom stereocenters. The smallest absolute Gasteiger partial charge is 0.306 e. The van der Waals surface area contributed by atoms with Crippen LogP contribution in [0.5, 0.6) is 0 Å². The molecule has 1 heterocycles. The van der Waals surface area contributed by atoms with Crippen molar-refractivity contribution in [1.82, 2.24) is 5.32 Å². The molecule has 0 aromatic heterocycles. The highest BCUT2D eigenvalue weighted by atomic mass is 32.2. The van der Waals surface area contributed by atoms with Crippen molar-refractivity contribution in [2.45, 2.75) is 18.6 Å². The predicted molar refractivity (Wildman–Crippen MR) is 50.4 cm³/mol. The van der Waals surface area contributed by atoms with Gasteiger partial charge in [-0.1, -0.05) is 0 Å². The molecular formula is C8H15NO2S. The Bertz CT molecular complexity index is 146. The molecule has 12 heavy (non-hydrogen) atoms. The van der Waals surface area contributed by atoms with Gasteiger partial charge in [0.05, 0.1) is 13.0 Å². The average molecular weight is 189 g/mol. The van der Waals surface area contributed by atoms with Gasteiger partial charge in [0.1, 0.15) is 0 Å². The third-order valence-electron chi connectivity index (χ3n) is 1.70. The van der Waals surface area contributed by atoms with Gasteiger partial charge < -0.3 is 10.1 Å². The first-order chi connectivity index (χ1) is 5.83. The Morgan fingerprint density at radius 2 is 2.58 bits per heavy atom. The minimum Gasteiger partial charge on any atom is -0.466 e. The van der Waals surface area contributed by atoms with Crippen LogP contribution in [0.4, 0.5) is 0 Å². The second-order valence-corrected chi connectivity index (χ2v) is 4.11. The van der Waals surface area contributed by atoms with Crippen LogP contribution < -0.4 is 5.32 Å². The number of rotatable bonds is 3. The van der Waals surface area contributed by atoms with Gasteiger partial charge in [0, 0.05) is 24.1 Å². The molecule has 1 N–H and O–H groups in total. The average Bonchev–Trinajstić information content (AvgIpc) is 2.06. The van der Waals surface area contributed by atoms with E-state index < -0.39 is 0 Å². The number of carbonyl (C=O) groups is 1. The minimum atomic E-state index is -0.0706. The number of hydrogen-bond donors (Lipinski definition) is 1. The molecule has 1 aliphatic rings. The van der Waals surface area contributed by atoms with Crippen molar-refractivity contribution in [1.29, 1.82) is 0 Å². The fourth-order valence-corrected chi connectivity index (χ4v) is 2.24. The summed E-state index contributed by atoms with van der Waals surface area (Å²) in [6.45, 7) is 4.32. The van der Waals surface area contributed by atoms with E-state index in [1.54, 1.807) is 0 Å². The lowest BCUT2D eigenvalue weighted by atomic mass is 10.3. The summed E-state index contributed by atoms with van der Waals surface area (Å²) in [5.41, 5.74) is 0. The molecule has 1 saturated heterocycles. The Morgan fingerprint density at radius 3 is 3.17 bits per heavy atom. The molecule has 0 aromatic carbocycles. The summed E-state index contributed by atoms with van der Waals surface area (Å²) in [6.07, 6.45) is 0.547. The second kappa shape index (κ2) is 5.43. The van der Waals surface area contributed by atoms with Crippen LogP contribution in [0, 0.1) is 0 Å². The van der Waals surface area contributed by atoms with E-state index >= 15 is 0 Å². The maximum Gasteiger partial charge on any atom is 0.306 e. The molecule has 1 aliphatic heterocycles. The van der Waals surface area contributed by atoms with Crippen LogP contribution in [-0.2, 0) is 9.53 Å². The van der Waals surface area contributed by atoms with Crippen LogP contribution >= 0.6 is 11.8 Å². The molecule has 0 amide bonds. The Balaban J connectivity index is 2.15.